The van der Waals surface area contributed by atoms with Crippen LogP contribution in [0.1, 0.15) is 57.1 Å². The molecular formula is C19H28N2O2. The molecule has 126 valence electrons. The van der Waals surface area contributed by atoms with Crippen LogP contribution in [0.2, 0.25) is 0 Å². The van der Waals surface area contributed by atoms with Crippen molar-refractivity contribution in [2.45, 2.75) is 52.4 Å². The van der Waals surface area contributed by atoms with Crippen molar-refractivity contribution in [1.29, 1.82) is 5.26 Å². The van der Waals surface area contributed by atoms with E-state index in [9.17, 15) is 10.1 Å². The molecule has 1 rings (SSSR count). The summed E-state index contributed by atoms with van der Waals surface area (Å²) in [6, 6.07) is 8.16. The number of hydrogen-bond donors (Lipinski definition) is 0. The largest absolute Gasteiger partial charge is 0.496 e. The van der Waals surface area contributed by atoms with Gasteiger partial charge in [-0.2, -0.15) is 5.26 Å². The molecule has 1 aromatic carbocycles. The van der Waals surface area contributed by atoms with E-state index in [1.54, 1.807) is 7.11 Å². The molecule has 0 saturated heterocycles. The van der Waals surface area contributed by atoms with Gasteiger partial charge in [-0.05, 0) is 30.9 Å². The number of rotatable bonds is 9. The third kappa shape index (κ3) is 5.28. The fraction of sp³-hybridized carbons (Fsp3) is 0.579. The second-order valence-electron chi connectivity index (χ2n) is 5.70. The Morgan fingerprint density at radius 2 is 1.91 bits per heavy atom. The van der Waals surface area contributed by atoms with E-state index in [1.807, 2.05) is 23.1 Å². The number of nitriles is 1. The maximum absolute atomic E-state index is 12.6. The third-order valence-electron chi connectivity index (χ3n) is 3.95. The Morgan fingerprint density at radius 3 is 2.39 bits per heavy atom. The molecule has 0 spiro atoms. The molecule has 0 aliphatic carbocycles. The molecule has 0 aliphatic rings. The Kier molecular flexibility index (Phi) is 8.18. The van der Waals surface area contributed by atoms with Crippen molar-refractivity contribution < 1.29 is 9.53 Å². The molecule has 1 unspecified atom stereocenters. The Labute approximate surface area is 140 Å². The normalized spacial score (nSPS) is 11.6. The summed E-state index contributed by atoms with van der Waals surface area (Å²) in [6.45, 7) is 7.69. The highest BCUT2D eigenvalue weighted by Crippen LogP contribution is 2.30. The van der Waals surface area contributed by atoms with Crippen molar-refractivity contribution in [1.82, 2.24) is 4.90 Å². The lowest BCUT2D eigenvalue weighted by molar-refractivity contribution is -0.131. The van der Waals surface area contributed by atoms with E-state index < -0.39 is 5.92 Å². The van der Waals surface area contributed by atoms with E-state index in [-0.39, 0.29) is 12.3 Å². The van der Waals surface area contributed by atoms with Gasteiger partial charge in [0.2, 0.25) is 5.91 Å². The SMILES string of the molecule is CCCN(CCC)C(=O)CC(C#N)c1cc(CC)ccc1OC. The molecule has 0 aliphatic heterocycles. The zero-order chi connectivity index (χ0) is 17.2. The van der Waals surface area contributed by atoms with Gasteiger partial charge in [-0.3, -0.25) is 4.79 Å². The van der Waals surface area contributed by atoms with Gasteiger partial charge in [0.05, 0.1) is 19.1 Å². The fourth-order valence-corrected chi connectivity index (χ4v) is 2.71. The minimum absolute atomic E-state index is 0.0456. The van der Waals surface area contributed by atoms with Crippen molar-refractivity contribution in [3.63, 3.8) is 0 Å². The first kappa shape index (κ1) is 19.0. The molecule has 0 fully saturated rings. The topological polar surface area (TPSA) is 53.3 Å². The molecule has 1 aromatic rings. The number of ether oxygens (including phenoxy) is 1. The van der Waals surface area contributed by atoms with Crippen LogP contribution in [-0.2, 0) is 11.2 Å². The number of carbonyl (C=O) groups excluding carboxylic acids is 1. The number of carbonyl (C=O) groups is 1. The van der Waals surface area contributed by atoms with Gasteiger partial charge in [-0.15, -0.1) is 0 Å². The van der Waals surface area contributed by atoms with Gasteiger partial charge in [0.15, 0.2) is 0 Å². The van der Waals surface area contributed by atoms with Crippen LogP contribution in [0.25, 0.3) is 0 Å². The summed E-state index contributed by atoms with van der Waals surface area (Å²) in [7, 11) is 1.60. The molecule has 23 heavy (non-hydrogen) atoms. The highest BCUT2D eigenvalue weighted by molar-refractivity contribution is 5.77. The number of amides is 1. The average molecular weight is 316 g/mol. The minimum Gasteiger partial charge on any atom is -0.496 e. The first-order valence-corrected chi connectivity index (χ1v) is 8.45. The van der Waals surface area contributed by atoms with Crippen molar-refractivity contribution >= 4 is 5.91 Å². The number of methoxy groups -OCH3 is 1. The second kappa shape index (κ2) is 9.89. The van der Waals surface area contributed by atoms with Gasteiger partial charge in [0.25, 0.3) is 0 Å². The van der Waals surface area contributed by atoms with Crippen LogP contribution in [0.5, 0.6) is 5.75 Å². The smallest absolute Gasteiger partial charge is 0.224 e. The zero-order valence-corrected chi connectivity index (χ0v) is 14.8. The maximum Gasteiger partial charge on any atom is 0.224 e. The lowest BCUT2D eigenvalue weighted by Gasteiger charge is -2.23. The van der Waals surface area contributed by atoms with Gasteiger partial charge >= 0.3 is 0 Å². The summed E-state index contributed by atoms with van der Waals surface area (Å²) in [5.41, 5.74) is 1.96. The van der Waals surface area contributed by atoms with E-state index in [4.69, 9.17) is 4.74 Å². The van der Waals surface area contributed by atoms with Crippen molar-refractivity contribution in [2.75, 3.05) is 20.2 Å². The van der Waals surface area contributed by atoms with Crippen LogP contribution >= 0.6 is 0 Å². The van der Waals surface area contributed by atoms with Crippen molar-refractivity contribution in [3.8, 4) is 11.8 Å². The van der Waals surface area contributed by atoms with Crippen LogP contribution in [-0.4, -0.2) is 31.0 Å². The van der Waals surface area contributed by atoms with Gasteiger partial charge in [0, 0.05) is 25.1 Å². The molecule has 0 aromatic heterocycles. The summed E-state index contributed by atoms with van der Waals surface area (Å²) in [6.07, 6.45) is 2.95. The zero-order valence-electron chi connectivity index (χ0n) is 14.8. The second-order valence-corrected chi connectivity index (χ2v) is 5.70. The van der Waals surface area contributed by atoms with Crippen LogP contribution in [0.4, 0.5) is 0 Å². The summed E-state index contributed by atoms with van der Waals surface area (Å²) in [4.78, 5) is 14.4. The summed E-state index contributed by atoms with van der Waals surface area (Å²) < 4.78 is 5.39. The van der Waals surface area contributed by atoms with Gasteiger partial charge < -0.3 is 9.64 Å². The standard InChI is InChI=1S/C19H28N2O2/c1-5-10-21(11-6-2)19(22)13-16(14-20)17-12-15(7-3)8-9-18(17)23-4/h8-9,12,16H,5-7,10-11,13H2,1-4H3. The van der Waals surface area contributed by atoms with E-state index in [0.29, 0.717) is 5.75 Å². The highest BCUT2D eigenvalue weighted by atomic mass is 16.5. The molecule has 0 heterocycles. The quantitative estimate of drug-likeness (QED) is 0.694. The van der Waals surface area contributed by atoms with Crippen LogP contribution in [0.15, 0.2) is 18.2 Å². The minimum atomic E-state index is -0.472. The Balaban J connectivity index is 3.00. The Morgan fingerprint density at radius 1 is 1.26 bits per heavy atom. The summed E-state index contributed by atoms with van der Waals surface area (Å²) >= 11 is 0. The first-order chi connectivity index (χ1) is 11.1. The lowest BCUT2D eigenvalue weighted by Crippen LogP contribution is -2.33. The summed E-state index contributed by atoms with van der Waals surface area (Å²) in [5, 5.41) is 9.58. The van der Waals surface area contributed by atoms with Crippen LogP contribution in [0, 0.1) is 11.3 Å². The van der Waals surface area contributed by atoms with E-state index in [1.165, 1.54) is 0 Å². The predicted molar refractivity (Wildman–Crippen MR) is 92.5 cm³/mol. The van der Waals surface area contributed by atoms with Gasteiger partial charge in [-0.1, -0.05) is 32.9 Å². The summed E-state index contributed by atoms with van der Waals surface area (Å²) in [5.74, 6) is 0.253. The van der Waals surface area contributed by atoms with Crippen molar-refractivity contribution in [3.05, 3.63) is 29.3 Å². The van der Waals surface area contributed by atoms with E-state index in [2.05, 4.69) is 26.8 Å². The molecule has 0 radical (unpaired) electrons. The maximum atomic E-state index is 12.6. The number of aryl methyl sites for hydroxylation is 1. The molecule has 4 heteroatoms. The van der Waals surface area contributed by atoms with Gasteiger partial charge in [0.1, 0.15) is 5.75 Å². The molecular weight excluding hydrogens is 288 g/mol. The van der Waals surface area contributed by atoms with Crippen LogP contribution in [0.3, 0.4) is 0 Å². The Hall–Kier alpha value is -2.02. The molecule has 0 saturated carbocycles. The third-order valence-corrected chi connectivity index (χ3v) is 3.95. The lowest BCUT2D eigenvalue weighted by atomic mass is 9.93. The molecule has 0 N–H and O–H groups in total. The van der Waals surface area contributed by atoms with E-state index >= 15 is 0 Å². The number of hydrogen-bond acceptors (Lipinski definition) is 3. The molecule has 4 nitrogen and oxygen atoms in total. The average Bonchev–Trinajstić information content (AvgIpc) is 2.58. The van der Waals surface area contributed by atoms with E-state index in [0.717, 1.165) is 43.5 Å². The van der Waals surface area contributed by atoms with Crippen LogP contribution < -0.4 is 4.74 Å². The predicted octanol–water partition coefficient (Wildman–Crippen LogP) is 3.90. The van der Waals surface area contributed by atoms with Crippen molar-refractivity contribution in [2.24, 2.45) is 0 Å². The fourth-order valence-electron chi connectivity index (χ4n) is 2.71. The highest BCUT2D eigenvalue weighted by Gasteiger charge is 2.22. The molecule has 1 amide bonds. The molecule has 0 bridgehead atoms. The Bertz CT molecular complexity index is 543. The first-order valence-electron chi connectivity index (χ1n) is 8.45. The number of nitrogens with zero attached hydrogens (tertiary/aromatic N) is 2. The monoisotopic (exact) mass is 316 g/mol. The molecule has 1 atom stereocenters. The van der Waals surface area contributed by atoms with Gasteiger partial charge in [-0.25, -0.2) is 0 Å². The number of benzene rings is 1.